The first-order chi connectivity index (χ1) is 12.0. The van der Waals surface area contributed by atoms with E-state index in [1.54, 1.807) is 30.6 Å². The average Bonchev–Trinajstić information content (AvgIpc) is 3.07. The van der Waals surface area contributed by atoms with Crippen molar-refractivity contribution in [2.24, 2.45) is 0 Å². The van der Waals surface area contributed by atoms with Crippen LogP contribution in [0, 0.1) is 11.3 Å². The summed E-state index contributed by atoms with van der Waals surface area (Å²) >= 11 is 1.35. The SMILES string of the molecule is CNC(=O)c1ccc(C[NH+](C)CCC(=O)Nc2sccc2C#N)cc1. The van der Waals surface area contributed by atoms with Gasteiger partial charge in [0.2, 0.25) is 5.91 Å². The highest BCUT2D eigenvalue weighted by molar-refractivity contribution is 7.14. The van der Waals surface area contributed by atoms with Crippen molar-refractivity contribution in [1.29, 1.82) is 5.26 Å². The Morgan fingerprint density at radius 3 is 2.60 bits per heavy atom. The molecule has 25 heavy (non-hydrogen) atoms. The first kappa shape index (κ1) is 18.6. The van der Waals surface area contributed by atoms with E-state index in [4.69, 9.17) is 5.26 Å². The molecule has 0 saturated heterocycles. The topological polar surface area (TPSA) is 86.4 Å². The minimum atomic E-state index is -0.103. The lowest BCUT2D eigenvalue weighted by atomic mass is 10.1. The molecule has 2 rings (SSSR count). The van der Waals surface area contributed by atoms with Gasteiger partial charge in [-0.15, -0.1) is 11.3 Å². The second-order valence-electron chi connectivity index (χ2n) is 5.73. The van der Waals surface area contributed by atoms with Gasteiger partial charge in [-0.25, -0.2) is 0 Å². The lowest BCUT2D eigenvalue weighted by molar-refractivity contribution is -0.893. The molecule has 1 aromatic carbocycles. The molecule has 6 nitrogen and oxygen atoms in total. The molecule has 7 heteroatoms. The number of hydrogen-bond donors (Lipinski definition) is 3. The smallest absolute Gasteiger partial charge is 0.251 e. The Bertz CT molecular complexity index is 777. The van der Waals surface area contributed by atoms with Gasteiger partial charge in [0.1, 0.15) is 17.6 Å². The van der Waals surface area contributed by atoms with E-state index in [0.717, 1.165) is 12.1 Å². The quantitative estimate of drug-likeness (QED) is 0.692. The number of nitrogens with zero attached hydrogens (tertiary/aromatic N) is 1. The normalized spacial score (nSPS) is 11.4. The van der Waals surface area contributed by atoms with Crippen LogP contribution in [-0.4, -0.2) is 32.5 Å². The number of rotatable bonds is 7. The van der Waals surface area contributed by atoms with Gasteiger partial charge in [-0.2, -0.15) is 5.26 Å². The molecule has 0 radical (unpaired) electrons. The predicted octanol–water partition coefficient (Wildman–Crippen LogP) is 1.02. The Morgan fingerprint density at radius 1 is 1.24 bits per heavy atom. The van der Waals surface area contributed by atoms with Gasteiger partial charge in [-0.3, -0.25) is 9.59 Å². The molecule has 1 unspecified atom stereocenters. The Kier molecular flexibility index (Phi) is 6.69. The van der Waals surface area contributed by atoms with Crippen molar-refractivity contribution in [2.75, 3.05) is 26.0 Å². The maximum atomic E-state index is 12.0. The second-order valence-corrected chi connectivity index (χ2v) is 6.65. The minimum absolute atomic E-state index is 0.0896. The van der Waals surface area contributed by atoms with Crippen molar-refractivity contribution in [3.05, 3.63) is 52.4 Å². The summed E-state index contributed by atoms with van der Waals surface area (Å²) < 4.78 is 0. The molecule has 0 fully saturated rings. The van der Waals surface area contributed by atoms with E-state index in [2.05, 4.69) is 16.7 Å². The molecule has 1 heterocycles. The van der Waals surface area contributed by atoms with Crippen LogP contribution in [0.2, 0.25) is 0 Å². The number of nitriles is 1. The standard InChI is InChI=1S/C18H20N4O2S/c1-20-17(24)14-5-3-13(4-6-14)12-22(2)9-7-16(23)21-18-15(11-19)8-10-25-18/h3-6,8,10H,7,9,12H2,1-2H3,(H,20,24)(H,21,23)/p+1. The van der Waals surface area contributed by atoms with Gasteiger partial charge in [0.05, 0.1) is 25.6 Å². The second kappa shape index (κ2) is 8.97. The van der Waals surface area contributed by atoms with Crippen molar-refractivity contribution in [2.45, 2.75) is 13.0 Å². The van der Waals surface area contributed by atoms with E-state index in [9.17, 15) is 9.59 Å². The fourth-order valence-electron chi connectivity index (χ4n) is 2.37. The van der Waals surface area contributed by atoms with Gasteiger partial charge in [-0.05, 0) is 23.6 Å². The van der Waals surface area contributed by atoms with Crippen molar-refractivity contribution in [3.8, 4) is 6.07 Å². The minimum Gasteiger partial charge on any atom is -0.355 e. The van der Waals surface area contributed by atoms with Gasteiger partial charge >= 0.3 is 0 Å². The van der Waals surface area contributed by atoms with Gasteiger partial charge in [-0.1, -0.05) is 12.1 Å². The average molecular weight is 357 g/mol. The molecule has 0 saturated carbocycles. The van der Waals surface area contributed by atoms with Crippen molar-refractivity contribution >= 4 is 28.2 Å². The highest BCUT2D eigenvalue weighted by Crippen LogP contribution is 2.21. The van der Waals surface area contributed by atoms with Crippen LogP contribution in [0.1, 0.15) is 27.9 Å². The molecule has 130 valence electrons. The van der Waals surface area contributed by atoms with Crippen molar-refractivity contribution < 1.29 is 14.5 Å². The molecule has 2 aromatic rings. The molecule has 1 aromatic heterocycles. The van der Waals surface area contributed by atoms with E-state index < -0.39 is 0 Å². The van der Waals surface area contributed by atoms with Crippen LogP contribution in [0.4, 0.5) is 5.00 Å². The Labute approximate surface area is 151 Å². The third-order valence-corrected chi connectivity index (χ3v) is 4.60. The Morgan fingerprint density at radius 2 is 1.96 bits per heavy atom. The van der Waals surface area contributed by atoms with Crippen molar-refractivity contribution in [3.63, 3.8) is 0 Å². The van der Waals surface area contributed by atoms with Crippen LogP contribution in [-0.2, 0) is 11.3 Å². The zero-order chi connectivity index (χ0) is 18.2. The third kappa shape index (κ3) is 5.41. The lowest BCUT2D eigenvalue weighted by Crippen LogP contribution is -3.07. The predicted molar refractivity (Wildman–Crippen MR) is 97.6 cm³/mol. The van der Waals surface area contributed by atoms with Crippen LogP contribution < -0.4 is 15.5 Å². The van der Waals surface area contributed by atoms with E-state index in [-0.39, 0.29) is 11.8 Å². The molecule has 1 atom stereocenters. The summed E-state index contributed by atoms with van der Waals surface area (Å²) in [5.74, 6) is -0.192. The number of anilines is 1. The van der Waals surface area contributed by atoms with Crippen LogP contribution >= 0.6 is 11.3 Å². The summed E-state index contributed by atoms with van der Waals surface area (Å²) in [5, 5.41) is 16.7. The molecule has 0 spiro atoms. The van der Waals surface area contributed by atoms with Gasteiger partial charge in [0.25, 0.3) is 5.91 Å². The van der Waals surface area contributed by atoms with Crippen LogP contribution in [0.3, 0.4) is 0 Å². The number of amides is 2. The van der Waals surface area contributed by atoms with Crippen LogP contribution in [0.15, 0.2) is 35.7 Å². The molecule has 3 N–H and O–H groups in total. The molecule has 0 aliphatic carbocycles. The van der Waals surface area contributed by atoms with E-state index >= 15 is 0 Å². The number of carbonyl (C=O) groups excluding carboxylic acids is 2. The molecule has 2 amide bonds. The van der Waals surface area contributed by atoms with Gasteiger partial charge in [0, 0.05) is 18.2 Å². The summed E-state index contributed by atoms with van der Waals surface area (Å²) in [6.45, 7) is 1.44. The first-order valence-corrected chi connectivity index (χ1v) is 8.81. The van der Waals surface area contributed by atoms with E-state index in [0.29, 0.717) is 29.1 Å². The fourth-order valence-corrected chi connectivity index (χ4v) is 3.12. The van der Waals surface area contributed by atoms with Crippen molar-refractivity contribution in [1.82, 2.24) is 5.32 Å². The Balaban J connectivity index is 1.80. The summed E-state index contributed by atoms with van der Waals surface area (Å²) in [6.07, 6.45) is 0.380. The number of hydrogen-bond acceptors (Lipinski definition) is 4. The summed E-state index contributed by atoms with van der Waals surface area (Å²) in [4.78, 5) is 24.7. The van der Waals surface area contributed by atoms with E-state index in [1.165, 1.54) is 16.2 Å². The zero-order valence-corrected chi connectivity index (χ0v) is 15.1. The fraction of sp³-hybridized carbons (Fsp3) is 0.278. The number of thiophene rings is 1. The Hall–Kier alpha value is -2.69. The highest BCUT2D eigenvalue weighted by atomic mass is 32.1. The largest absolute Gasteiger partial charge is 0.355 e. The summed E-state index contributed by atoms with van der Waals surface area (Å²) in [5.41, 5.74) is 2.23. The first-order valence-electron chi connectivity index (χ1n) is 7.93. The van der Waals surface area contributed by atoms with Crippen LogP contribution in [0.5, 0.6) is 0 Å². The molecule has 0 aliphatic heterocycles. The maximum absolute atomic E-state index is 12.0. The maximum Gasteiger partial charge on any atom is 0.251 e. The van der Waals surface area contributed by atoms with Gasteiger partial charge in [0.15, 0.2) is 0 Å². The van der Waals surface area contributed by atoms with E-state index in [1.807, 2.05) is 19.2 Å². The highest BCUT2D eigenvalue weighted by Gasteiger charge is 2.11. The monoisotopic (exact) mass is 357 g/mol. The number of benzene rings is 1. The third-order valence-electron chi connectivity index (χ3n) is 3.77. The summed E-state index contributed by atoms with van der Waals surface area (Å²) in [6, 6.07) is 11.2. The van der Waals surface area contributed by atoms with Crippen LogP contribution in [0.25, 0.3) is 0 Å². The molecule has 0 bridgehead atoms. The molecular formula is C18H21N4O2S+. The lowest BCUT2D eigenvalue weighted by Gasteiger charge is -2.14. The molecular weight excluding hydrogens is 336 g/mol. The molecule has 0 aliphatic rings. The number of nitrogens with one attached hydrogen (secondary N) is 3. The van der Waals surface area contributed by atoms with Gasteiger partial charge < -0.3 is 15.5 Å². The number of quaternary nitrogens is 1. The zero-order valence-electron chi connectivity index (χ0n) is 14.3. The summed E-state index contributed by atoms with van der Waals surface area (Å²) in [7, 11) is 3.63. The number of carbonyl (C=O) groups is 2.